The zero-order valence-corrected chi connectivity index (χ0v) is 17.6. The second kappa shape index (κ2) is 8.80. The van der Waals surface area contributed by atoms with Gasteiger partial charge >= 0.3 is 0 Å². The van der Waals surface area contributed by atoms with Gasteiger partial charge in [-0.15, -0.1) is 12.4 Å². The number of rotatable bonds is 3. The number of nitrogens with zero attached hydrogens (tertiary/aromatic N) is 3. The Bertz CT molecular complexity index is 735. The Balaban J connectivity index is 0.00000225. The normalized spacial score (nSPS) is 25.9. The smallest absolute Gasteiger partial charge is 0.228 e. The summed E-state index contributed by atoms with van der Waals surface area (Å²) in [6.45, 7) is 10.4. The maximum atomic E-state index is 13.1. The Kier molecular flexibility index (Phi) is 6.63. The summed E-state index contributed by atoms with van der Waals surface area (Å²) >= 11 is 0. The van der Waals surface area contributed by atoms with E-state index in [0.717, 1.165) is 56.9 Å². The van der Waals surface area contributed by atoms with Crippen molar-refractivity contribution in [1.82, 2.24) is 15.1 Å². The molecule has 3 saturated heterocycles. The third kappa shape index (κ3) is 4.04. The van der Waals surface area contributed by atoms with E-state index in [4.69, 9.17) is 0 Å². The zero-order chi connectivity index (χ0) is 19.0. The van der Waals surface area contributed by atoms with Gasteiger partial charge in [-0.05, 0) is 37.5 Å². The largest absolute Gasteiger partial charge is 0.341 e. The first-order valence-corrected chi connectivity index (χ1v) is 10.1. The van der Waals surface area contributed by atoms with Crippen molar-refractivity contribution in [1.29, 1.82) is 0 Å². The molecule has 0 saturated carbocycles. The average Bonchev–Trinajstić information content (AvgIpc) is 3.31. The maximum Gasteiger partial charge on any atom is 0.228 e. The molecule has 1 aromatic carbocycles. The Morgan fingerprint density at radius 3 is 2.61 bits per heavy atom. The predicted molar refractivity (Wildman–Crippen MR) is 113 cm³/mol. The molecule has 2 amide bonds. The van der Waals surface area contributed by atoms with E-state index >= 15 is 0 Å². The summed E-state index contributed by atoms with van der Waals surface area (Å²) in [5, 5.41) is 3.39. The Morgan fingerprint density at radius 1 is 1.11 bits per heavy atom. The number of likely N-dealkylation sites (tertiary alicyclic amines) is 1. The minimum absolute atomic E-state index is 0. The van der Waals surface area contributed by atoms with Crippen molar-refractivity contribution in [2.75, 3.05) is 50.7 Å². The zero-order valence-electron chi connectivity index (χ0n) is 16.8. The lowest BCUT2D eigenvalue weighted by atomic mass is 10.1. The first kappa shape index (κ1) is 21.1. The summed E-state index contributed by atoms with van der Waals surface area (Å²) in [5.74, 6) is 0.0212. The van der Waals surface area contributed by atoms with Gasteiger partial charge in [-0.25, -0.2) is 0 Å². The maximum absolute atomic E-state index is 13.1. The van der Waals surface area contributed by atoms with Crippen LogP contribution in [0, 0.1) is 19.8 Å². The molecule has 0 radical (unpaired) electrons. The van der Waals surface area contributed by atoms with Crippen LogP contribution >= 0.6 is 12.4 Å². The molecule has 28 heavy (non-hydrogen) atoms. The molecule has 2 atom stereocenters. The van der Waals surface area contributed by atoms with Crippen LogP contribution in [0.1, 0.15) is 24.0 Å². The number of aryl methyl sites for hydroxylation is 1. The van der Waals surface area contributed by atoms with Crippen molar-refractivity contribution >= 4 is 29.9 Å². The monoisotopic (exact) mass is 406 g/mol. The summed E-state index contributed by atoms with van der Waals surface area (Å²) in [7, 11) is 0. The van der Waals surface area contributed by atoms with Crippen LogP contribution < -0.4 is 10.2 Å². The molecule has 154 valence electrons. The molecule has 3 fully saturated rings. The summed E-state index contributed by atoms with van der Waals surface area (Å²) in [4.78, 5) is 32.0. The highest BCUT2D eigenvalue weighted by molar-refractivity contribution is 6.01. The quantitative estimate of drug-likeness (QED) is 0.828. The Morgan fingerprint density at radius 2 is 1.86 bits per heavy atom. The lowest BCUT2D eigenvalue weighted by Gasteiger charge is -2.32. The van der Waals surface area contributed by atoms with Gasteiger partial charge in [0, 0.05) is 64.0 Å². The van der Waals surface area contributed by atoms with Crippen LogP contribution in [0.3, 0.4) is 0 Å². The molecular weight excluding hydrogens is 376 g/mol. The molecule has 0 aliphatic carbocycles. The fourth-order valence-electron chi connectivity index (χ4n) is 4.68. The molecule has 3 aliphatic rings. The lowest BCUT2D eigenvalue weighted by Crippen LogP contribution is -2.49. The Labute approximate surface area is 173 Å². The third-order valence-electron chi connectivity index (χ3n) is 6.48. The highest BCUT2D eigenvalue weighted by atomic mass is 35.5. The van der Waals surface area contributed by atoms with E-state index in [-0.39, 0.29) is 30.1 Å². The third-order valence-corrected chi connectivity index (χ3v) is 6.48. The van der Waals surface area contributed by atoms with Gasteiger partial charge in [-0.1, -0.05) is 12.1 Å². The first-order chi connectivity index (χ1) is 13.0. The van der Waals surface area contributed by atoms with Gasteiger partial charge in [0.2, 0.25) is 11.8 Å². The van der Waals surface area contributed by atoms with Crippen molar-refractivity contribution in [3.8, 4) is 0 Å². The fraction of sp³-hybridized carbons (Fsp3) is 0.619. The topological polar surface area (TPSA) is 55.9 Å². The van der Waals surface area contributed by atoms with E-state index in [1.54, 1.807) is 0 Å². The standard InChI is InChI=1S/C21H30N4O2.ClH/c1-15-4-3-5-19(16(15)2)25-13-17(12-20(25)26)21(27)24-9-6-18(14-24)23-10-7-22-8-11-23;/h3-5,17-18,22H,6-14H2,1-2H3;1H. The van der Waals surface area contributed by atoms with E-state index in [1.807, 2.05) is 28.9 Å². The molecule has 6 nitrogen and oxygen atoms in total. The van der Waals surface area contributed by atoms with Crippen LogP contribution in [0.25, 0.3) is 0 Å². The predicted octanol–water partition coefficient (Wildman–Crippen LogP) is 1.58. The SMILES string of the molecule is Cc1cccc(N2CC(C(=O)N3CCC(N4CCNCC4)C3)CC2=O)c1C.Cl. The lowest BCUT2D eigenvalue weighted by molar-refractivity contribution is -0.135. The highest BCUT2D eigenvalue weighted by Crippen LogP contribution is 2.31. The highest BCUT2D eigenvalue weighted by Gasteiger charge is 2.40. The van der Waals surface area contributed by atoms with Gasteiger partial charge in [0.25, 0.3) is 0 Å². The molecule has 1 N–H and O–H groups in total. The van der Waals surface area contributed by atoms with E-state index in [1.165, 1.54) is 5.56 Å². The number of piperazine rings is 1. The van der Waals surface area contributed by atoms with Crippen molar-refractivity contribution in [2.45, 2.75) is 32.7 Å². The van der Waals surface area contributed by atoms with Gasteiger partial charge in [0.05, 0.1) is 5.92 Å². The van der Waals surface area contributed by atoms with E-state index in [0.29, 0.717) is 19.0 Å². The number of benzene rings is 1. The van der Waals surface area contributed by atoms with Crippen LogP contribution in [0.2, 0.25) is 0 Å². The van der Waals surface area contributed by atoms with E-state index in [9.17, 15) is 9.59 Å². The number of anilines is 1. The minimum Gasteiger partial charge on any atom is -0.341 e. The van der Waals surface area contributed by atoms with Crippen LogP contribution in [-0.4, -0.2) is 73.5 Å². The number of hydrogen-bond acceptors (Lipinski definition) is 4. The number of carbonyl (C=O) groups excluding carboxylic acids is 2. The molecule has 2 unspecified atom stereocenters. The van der Waals surface area contributed by atoms with Crippen LogP contribution in [0.5, 0.6) is 0 Å². The number of nitrogens with one attached hydrogen (secondary N) is 1. The van der Waals surface area contributed by atoms with Crippen molar-refractivity contribution in [3.05, 3.63) is 29.3 Å². The van der Waals surface area contributed by atoms with Crippen LogP contribution in [-0.2, 0) is 9.59 Å². The number of carbonyl (C=O) groups is 2. The summed E-state index contributed by atoms with van der Waals surface area (Å²) in [6, 6.07) is 6.51. The van der Waals surface area contributed by atoms with E-state index in [2.05, 4.69) is 23.2 Å². The summed E-state index contributed by atoms with van der Waals surface area (Å²) in [6.07, 6.45) is 1.38. The summed E-state index contributed by atoms with van der Waals surface area (Å²) in [5.41, 5.74) is 3.25. The number of amides is 2. The number of hydrogen-bond donors (Lipinski definition) is 1. The second-order valence-electron chi connectivity index (χ2n) is 8.14. The number of halogens is 1. The van der Waals surface area contributed by atoms with Crippen LogP contribution in [0.4, 0.5) is 5.69 Å². The summed E-state index contributed by atoms with van der Waals surface area (Å²) < 4.78 is 0. The molecule has 7 heteroatoms. The fourth-order valence-corrected chi connectivity index (χ4v) is 4.68. The van der Waals surface area contributed by atoms with Gasteiger partial charge in [-0.3, -0.25) is 14.5 Å². The van der Waals surface area contributed by atoms with Crippen molar-refractivity contribution < 1.29 is 9.59 Å². The minimum atomic E-state index is -0.209. The molecule has 3 aliphatic heterocycles. The molecule has 4 rings (SSSR count). The molecule has 0 spiro atoms. The molecule has 1 aromatic rings. The van der Waals surface area contributed by atoms with Crippen LogP contribution in [0.15, 0.2) is 18.2 Å². The van der Waals surface area contributed by atoms with Gasteiger partial charge in [0.1, 0.15) is 0 Å². The molecular formula is C21H31ClN4O2. The average molecular weight is 407 g/mol. The molecule has 0 aromatic heterocycles. The van der Waals surface area contributed by atoms with Gasteiger partial charge < -0.3 is 15.1 Å². The Hall–Kier alpha value is -1.63. The molecule has 0 bridgehead atoms. The van der Waals surface area contributed by atoms with Crippen molar-refractivity contribution in [2.24, 2.45) is 5.92 Å². The van der Waals surface area contributed by atoms with E-state index < -0.39 is 0 Å². The van der Waals surface area contributed by atoms with Gasteiger partial charge in [0.15, 0.2) is 0 Å². The van der Waals surface area contributed by atoms with Gasteiger partial charge in [-0.2, -0.15) is 0 Å². The molecule has 3 heterocycles. The second-order valence-corrected chi connectivity index (χ2v) is 8.14. The first-order valence-electron chi connectivity index (χ1n) is 10.1. The van der Waals surface area contributed by atoms with Crippen molar-refractivity contribution in [3.63, 3.8) is 0 Å².